The maximum Gasteiger partial charge on any atom is 0.212 e. The summed E-state index contributed by atoms with van der Waals surface area (Å²) in [7, 11) is 1.79. The number of rotatable bonds is 2. The lowest BCUT2D eigenvalue weighted by Crippen LogP contribution is -2.09. The molecule has 3 nitrogen and oxygen atoms in total. The van der Waals surface area contributed by atoms with E-state index < -0.39 is 0 Å². The van der Waals surface area contributed by atoms with E-state index in [0.29, 0.717) is 5.82 Å². The van der Waals surface area contributed by atoms with Crippen molar-refractivity contribution in [1.29, 1.82) is 0 Å². The molecule has 0 spiro atoms. The van der Waals surface area contributed by atoms with Crippen LogP contribution in [0.4, 0.5) is 0 Å². The Hall–Kier alpha value is -0.830. The number of aromatic nitrogens is 2. The van der Waals surface area contributed by atoms with E-state index in [-0.39, 0.29) is 11.7 Å². The predicted molar refractivity (Wildman–Crippen MR) is 43.0 cm³/mol. The van der Waals surface area contributed by atoms with Crippen LogP contribution in [0.25, 0.3) is 0 Å². The Bertz CT molecular complexity index is 280. The molecule has 0 radical (unpaired) electrons. The molecule has 0 unspecified atom stereocenters. The molecule has 1 heterocycles. The smallest absolute Gasteiger partial charge is 0.212 e. The third kappa shape index (κ3) is 1.43. The molecule has 0 aromatic carbocycles. The minimum atomic E-state index is -0.137. The molecule has 11 heavy (non-hydrogen) atoms. The molecule has 0 amide bonds. The van der Waals surface area contributed by atoms with Crippen LogP contribution in [-0.4, -0.2) is 21.2 Å². The van der Waals surface area contributed by atoms with Crippen molar-refractivity contribution in [1.82, 2.24) is 9.55 Å². The van der Waals surface area contributed by atoms with E-state index in [0.717, 1.165) is 5.69 Å². The summed E-state index contributed by atoms with van der Waals surface area (Å²) in [4.78, 5) is 14.9. The van der Waals surface area contributed by atoms with Crippen LogP contribution in [0.2, 0.25) is 0 Å². The van der Waals surface area contributed by atoms with Crippen molar-refractivity contribution in [3.8, 4) is 0 Å². The number of alkyl halides is 1. The molecule has 0 aliphatic heterocycles. The highest BCUT2D eigenvalue weighted by Gasteiger charge is 2.10. The SMILES string of the molecule is Cc1cnc(C(=O)CCl)n1C. The fourth-order valence-corrected chi connectivity index (χ4v) is 0.933. The van der Waals surface area contributed by atoms with Crippen molar-refractivity contribution >= 4 is 17.4 Å². The topological polar surface area (TPSA) is 34.9 Å². The Kier molecular flexibility index (Phi) is 2.29. The summed E-state index contributed by atoms with van der Waals surface area (Å²) in [5, 5.41) is 0. The van der Waals surface area contributed by atoms with E-state index in [4.69, 9.17) is 11.6 Å². The molecule has 1 aromatic heterocycles. The van der Waals surface area contributed by atoms with Crippen molar-refractivity contribution in [2.24, 2.45) is 7.05 Å². The normalized spacial score (nSPS) is 10.1. The van der Waals surface area contributed by atoms with Gasteiger partial charge in [-0.05, 0) is 6.92 Å². The molecule has 0 bridgehead atoms. The lowest BCUT2D eigenvalue weighted by Gasteiger charge is -1.98. The third-order valence-corrected chi connectivity index (χ3v) is 1.83. The molecule has 0 aliphatic rings. The van der Waals surface area contributed by atoms with Crippen molar-refractivity contribution < 1.29 is 4.79 Å². The van der Waals surface area contributed by atoms with Gasteiger partial charge in [-0.15, -0.1) is 11.6 Å². The molecule has 4 heteroatoms. The summed E-state index contributed by atoms with van der Waals surface area (Å²) >= 11 is 5.36. The second kappa shape index (κ2) is 3.05. The predicted octanol–water partition coefficient (Wildman–Crippen LogP) is 1.15. The number of halogens is 1. The quantitative estimate of drug-likeness (QED) is 0.496. The summed E-state index contributed by atoms with van der Waals surface area (Å²) < 4.78 is 1.73. The maximum atomic E-state index is 11.0. The molecule has 0 atom stereocenters. The van der Waals surface area contributed by atoms with Gasteiger partial charge >= 0.3 is 0 Å². The van der Waals surface area contributed by atoms with Gasteiger partial charge in [-0.25, -0.2) is 4.98 Å². The molecular weight excluding hydrogens is 164 g/mol. The fourth-order valence-electron chi connectivity index (χ4n) is 0.814. The first-order valence-corrected chi connectivity index (χ1v) is 3.77. The lowest BCUT2D eigenvalue weighted by atomic mass is 10.4. The zero-order valence-corrected chi connectivity index (χ0v) is 7.22. The van der Waals surface area contributed by atoms with Crippen LogP contribution in [0, 0.1) is 6.92 Å². The Morgan fingerprint density at radius 1 is 1.82 bits per heavy atom. The first-order valence-electron chi connectivity index (χ1n) is 3.24. The first-order chi connectivity index (χ1) is 5.16. The van der Waals surface area contributed by atoms with Crippen LogP contribution < -0.4 is 0 Å². The average Bonchev–Trinajstić information content (AvgIpc) is 2.32. The summed E-state index contributed by atoms with van der Waals surface area (Å²) in [5.41, 5.74) is 0.957. The van der Waals surface area contributed by atoms with Crippen LogP contribution >= 0.6 is 11.6 Å². The molecule has 1 rings (SSSR count). The number of imidazole rings is 1. The zero-order valence-electron chi connectivity index (χ0n) is 6.47. The van der Waals surface area contributed by atoms with E-state index in [2.05, 4.69) is 4.98 Å². The number of nitrogens with zero attached hydrogens (tertiary/aromatic N) is 2. The van der Waals surface area contributed by atoms with Gasteiger partial charge in [0.1, 0.15) is 0 Å². The van der Waals surface area contributed by atoms with E-state index in [1.54, 1.807) is 17.8 Å². The molecule has 0 fully saturated rings. The van der Waals surface area contributed by atoms with Crippen LogP contribution in [0.1, 0.15) is 16.3 Å². The third-order valence-electron chi connectivity index (χ3n) is 1.59. The van der Waals surface area contributed by atoms with Crippen molar-refractivity contribution in [3.05, 3.63) is 17.7 Å². The number of aryl methyl sites for hydroxylation is 1. The number of Topliss-reactive ketones (excluding diaryl/α,β-unsaturated/α-hetero) is 1. The maximum absolute atomic E-state index is 11.0. The van der Waals surface area contributed by atoms with Gasteiger partial charge in [0.05, 0.1) is 5.88 Å². The minimum absolute atomic E-state index is 0.00963. The highest BCUT2D eigenvalue weighted by molar-refractivity contribution is 6.29. The monoisotopic (exact) mass is 172 g/mol. The molecule has 1 aromatic rings. The van der Waals surface area contributed by atoms with E-state index in [1.807, 2.05) is 6.92 Å². The molecule has 0 N–H and O–H groups in total. The second-order valence-electron chi connectivity index (χ2n) is 2.34. The summed E-state index contributed by atoms with van der Waals surface area (Å²) in [6.45, 7) is 1.89. The second-order valence-corrected chi connectivity index (χ2v) is 2.61. The summed E-state index contributed by atoms with van der Waals surface area (Å²) in [5.74, 6) is 0.282. The lowest BCUT2D eigenvalue weighted by molar-refractivity contribution is 0.100. The van der Waals surface area contributed by atoms with E-state index in [1.165, 1.54) is 0 Å². The van der Waals surface area contributed by atoms with Crippen molar-refractivity contribution in [3.63, 3.8) is 0 Å². The van der Waals surface area contributed by atoms with Crippen LogP contribution in [0.5, 0.6) is 0 Å². The van der Waals surface area contributed by atoms with Crippen LogP contribution in [-0.2, 0) is 7.05 Å². The Morgan fingerprint density at radius 3 is 2.82 bits per heavy atom. The van der Waals surface area contributed by atoms with Gasteiger partial charge in [0, 0.05) is 18.9 Å². The van der Waals surface area contributed by atoms with Gasteiger partial charge in [0.25, 0.3) is 0 Å². The van der Waals surface area contributed by atoms with Crippen molar-refractivity contribution in [2.45, 2.75) is 6.92 Å². The highest BCUT2D eigenvalue weighted by atomic mass is 35.5. The highest BCUT2D eigenvalue weighted by Crippen LogP contribution is 2.02. The molecular formula is C7H9ClN2O. The number of carbonyl (C=O) groups excluding carboxylic acids is 1. The number of hydrogen-bond donors (Lipinski definition) is 0. The van der Waals surface area contributed by atoms with E-state index >= 15 is 0 Å². The van der Waals surface area contributed by atoms with Gasteiger partial charge in [-0.2, -0.15) is 0 Å². The molecule has 0 saturated heterocycles. The molecule has 60 valence electrons. The van der Waals surface area contributed by atoms with Gasteiger partial charge < -0.3 is 4.57 Å². The van der Waals surface area contributed by atoms with E-state index in [9.17, 15) is 4.79 Å². The molecule has 0 aliphatic carbocycles. The zero-order chi connectivity index (χ0) is 8.43. The Labute approximate surface area is 70.0 Å². The van der Waals surface area contributed by atoms with Gasteiger partial charge in [-0.1, -0.05) is 0 Å². The largest absolute Gasteiger partial charge is 0.329 e. The van der Waals surface area contributed by atoms with Crippen LogP contribution in [0.3, 0.4) is 0 Å². The number of ketones is 1. The summed E-state index contributed by atoms with van der Waals surface area (Å²) in [6.07, 6.45) is 1.65. The number of hydrogen-bond acceptors (Lipinski definition) is 2. The van der Waals surface area contributed by atoms with Crippen LogP contribution in [0.15, 0.2) is 6.20 Å². The Morgan fingerprint density at radius 2 is 2.45 bits per heavy atom. The standard InChI is InChI=1S/C7H9ClN2O/c1-5-4-9-7(10(5)2)6(11)3-8/h4H,3H2,1-2H3. The van der Waals surface area contributed by atoms with Crippen molar-refractivity contribution in [2.75, 3.05) is 5.88 Å². The van der Waals surface area contributed by atoms with Gasteiger partial charge in [0.2, 0.25) is 5.78 Å². The minimum Gasteiger partial charge on any atom is -0.329 e. The molecule has 0 saturated carbocycles. The number of carbonyl (C=O) groups is 1. The summed E-state index contributed by atoms with van der Waals surface area (Å²) in [6, 6.07) is 0. The van der Waals surface area contributed by atoms with Gasteiger partial charge in [-0.3, -0.25) is 4.79 Å². The van der Waals surface area contributed by atoms with Gasteiger partial charge in [0.15, 0.2) is 5.82 Å². The average molecular weight is 173 g/mol. The fraction of sp³-hybridized carbons (Fsp3) is 0.429. The first kappa shape index (κ1) is 8.27. The Balaban J connectivity index is 3.04.